The molecule has 1 aromatic carbocycles. The van der Waals surface area contributed by atoms with Crippen LogP contribution in [0.2, 0.25) is 0 Å². The van der Waals surface area contributed by atoms with E-state index in [1.807, 2.05) is 18.2 Å². The molecule has 0 spiro atoms. The van der Waals surface area contributed by atoms with Crippen molar-refractivity contribution in [2.75, 3.05) is 31.3 Å². The van der Waals surface area contributed by atoms with Gasteiger partial charge in [-0.15, -0.1) is 0 Å². The smallest absolute Gasteiger partial charge is 0.270 e. The van der Waals surface area contributed by atoms with Crippen LogP contribution in [-0.4, -0.2) is 42.3 Å². The number of rotatable bonds is 3. The Labute approximate surface area is 151 Å². The van der Waals surface area contributed by atoms with Gasteiger partial charge in [0.2, 0.25) is 6.79 Å². The molecule has 7 heteroatoms. The summed E-state index contributed by atoms with van der Waals surface area (Å²) < 4.78 is 10.8. The molecule has 2 aromatic rings. The van der Waals surface area contributed by atoms with Crippen molar-refractivity contribution in [3.05, 3.63) is 40.8 Å². The fraction of sp³-hybridized carbons (Fsp3) is 0.421. The quantitative estimate of drug-likeness (QED) is 0.906. The second-order valence-corrected chi connectivity index (χ2v) is 6.86. The lowest BCUT2D eigenvalue weighted by molar-refractivity contribution is 0.0940. The molecular weight excluding hydrogens is 332 g/mol. The molecule has 1 aromatic heterocycles. The number of hydrogen-bond donors (Lipinski definition) is 1. The minimum Gasteiger partial charge on any atom is -0.454 e. The molecule has 0 unspecified atom stereocenters. The highest BCUT2D eigenvalue weighted by atomic mass is 16.7. The van der Waals surface area contributed by atoms with Crippen LogP contribution >= 0.6 is 0 Å². The largest absolute Gasteiger partial charge is 0.454 e. The zero-order valence-electron chi connectivity index (χ0n) is 14.5. The fourth-order valence-electron chi connectivity index (χ4n) is 3.82. The summed E-state index contributed by atoms with van der Waals surface area (Å²) in [6.07, 6.45) is 3.68. The highest BCUT2D eigenvalue weighted by molar-refractivity contribution is 5.96. The van der Waals surface area contributed by atoms with Crippen molar-refractivity contribution in [2.24, 2.45) is 0 Å². The number of hydrogen-bond acceptors (Lipinski definition) is 6. The average Bonchev–Trinajstić information content (AvgIpc) is 3.33. The number of nitrogens with zero attached hydrogens (tertiary/aromatic N) is 3. The molecule has 1 N–H and O–H groups in total. The summed E-state index contributed by atoms with van der Waals surface area (Å²) in [7, 11) is 0. The van der Waals surface area contributed by atoms with Crippen LogP contribution < -0.4 is 19.7 Å². The standard InChI is InChI=1S/C19H20N4O3/c24-19-17-13(5-6-20-19)18(23-7-1-2-8-23)22-16(21-17)10-12-3-4-14-15(9-12)26-11-25-14/h3-4,9H,1-2,5-8,10-11H2,(H,20,24). The van der Waals surface area contributed by atoms with Crippen LogP contribution in [0.25, 0.3) is 0 Å². The first-order chi connectivity index (χ1) is 12.8. The zero-order chi connectivity index (χ0) is 17.5. The van der Waals surface area contributed by atoms with Crippen molar-refractivity contribution in [3.8, 4) is 11.5 Å². The predicted molar refractivity (Wildman–Crippen MR) is 94.9 cm³/mol. The lowest BCUT2D eigenvalue weighted by Gasteiger charge is -2.25. The lowest BCUT2D eigenvalue weighted by atomic mass is 10.0. The monoisotopic (exact) mass is 352 g/mol. The third kappa shape index (κ3) is 2.64. The molecule has 7 nitrogen and oxygen atoms in total. The molecule has 3 aliphatic heterocycles. The molecule has 0 radical (unpaired) electrons. The number of ether oxygens (including phenoxy) is 2. The first-order valence-electron chi connectivity index (χ1n) is 9.09. The molecule has 1 saturated heterocycles. The topological polar surface area (TPSA) is 76.6 Å². The van der Waals surface area contributed by atoms with Gasteiger partial charge >= 0.3 is 0 Å². The van der Waals surface area contributed by atoms with Gasteiger partial charge < -0.3 is 19.7 Å². The lowest BCUT2D eigenvalue weighted by Crippen LogP contribution is -2.35. The van der Waals surface area contributed by atoms with Gasteiger partial charge in [-0.05, 0) is 37.0 Å². The van der Waals surface area contributed by atoms with E-state index in [0.717, 1.165) is 48.0 Å². The van der Waals surface area contributed by atoms with Gasteiger partial charge in [-0.2, -0.15) is 0 Å². The van der Waals surface area contributed by atoms with E-state index in [-0.39, 0.29) is 12.7 Å². The Morgan fingerprint density at radius 1 is 1.12 bits per heavy atom. The number of aromatic nitrogens is 2. The molecule has 0 bridgehead atoms. The van der Waals surface area contributed by atoms with E-state index in [0.29, 0.717) is 24.5 Å². The molecule has 1 fully saturated rings. The van der Waals surface area contributed by atoms with Crippen molar-refractivity contribution in [3.63, 3.8) is 0 Å². The maximum Gasteiger partial charge on any atom is 0.270 e. The van der Waals surface area contributed by atoms with Crippen LogP contribution in [-0.2, 0) is 12.8 Å². The van der Waals surface area contributed by atoms with Gasteiger partial charge in [0.25, 0.3) is 5.91 Å². The van der Waals surface area contributed by atoms with E-state index in [1.54, 1.807) is 0 Å². The summed E-state index contributed by atoms with van der Waals surface area (Å²) in [5.74, 6) is 3.02. The maximum absolute atomic E-state index is 12.4. The van der Waals surface area contributed by atoms with Gasteiger partial charge in [0.05, 0.1) is 0 Å². The van der Waals surface area contributed by atoms with Crippen molar-refractivity contribution in [2.45, 2.75) is 25.7 Å². The van der Waals surface area contributed by atoms with Crippen LogP contribution in [0.5, 0.6) is 11.5 Å². The molecule has 0 atom stereocenters. The second kappa shape index (κ2) is 6.16. The summed E-state index contributed by atoms with van der Waals surface area (Å²) >= 11 is 0. The Hall–Kier alpha value is -2.83. The zero-order valence-corrected chi connectivity index (χ0v) is 14.5. The third-order valence-electron chi connectivity index (χ3n) is 5.11. The molecule has 1 amide bonds. The molecule has 0 aliphatic carbocycles. The van der Waals surface area contributed by atoms with Crippen molar-refractivity contribution < 1.29 is 14.3 Å². The molecular formula is C19H20N4O3. The summed E-state index contributed by atoms with van der Waals surface area (Å²) in [5, 5.41) is 2.90. The molecule has 0 saturated carbocycles. The SMILES string of the molecule is O=C1NCCc2c1nc(Cc1ccc3c(c1)OCO3)nc2N1CCCC1. The van der Waals surface area contributed by atoms with Crippen LogP contribution in [0, 0.1) is 0 Å². The Balaban J connectivity index is 1.53. The molecule has 5 rings (SSSR count). The van der Waals surface area contributed by atoms with Gasteiger partial charge in [-0.25, -0.2) is 9.97 Å². The minimum absolute atomic E-state index is 0.0963. The van der Waals surface area contributed by atoms with Crippen LogP contribution in [0.15, 0.2) is 18.2 Å². The highest BCUT2D eigenvalue weighted by Gasteiger charge is 2.27. The van der Waals surface area contributed by atoms with Crippen molar-refractivity contribution in [1.82, 2.24) is 15.3 Å². The second-order valence-electron chi connectivity index (χ2n) is 6.86. The number of amides is 1. The average molecular weight is 352 g/mol. The Morgan fingerprint density at radius 2 is 1.96 bits per heavy atom. The maximum atomic E-state index is 12.4. The van der Waals surface area contributed by atoms with E-state index in [9.17, 15) is 4.79 Å². The minimum atomic E-state index is -0.0963. The van der Waals surface area contributed by atoms with E-state index < -0.39 is 0 Å². The van der Waals surface area contributed by atoms with E-state index in [1.165, 1.54) is 12.8 Å². The van der Waals surface area contributed by atoms with E-state index in [2.05, 4.69) is 15.2 Å². The van der Waals surface area contributed by atoms with Crippen molar-refractivity contribution >= 4 is 11.7 Å². The van der Waals surface area contributed by atoms with E-state index >= 15 is 0 Å². The normalized spacial score (nSPS) is 18.0. The summed E-state index contributed by atoms with van der Waals surface area (Å²) in [4.78, 5) is 24.1. The number of nitrogens with one attached hydrogen (secondary N) is 1. The molecule has 4 heterocycles. The predicted octanol–water partition coefficient (Wildman–Crippen LogP) is 1.68. The van der Waals surface area contributed by atoms with E-state index in [4.69, 9.17) is 14.5 Å². The highest BCUT2D eigenvalue weighted by Crippen LogP contribution is 2.33. The van der Waals surface area contributed by atoms with Gasteiger partial charge in [-0.3, -0.25) is 4.79 Å². The number of anilines is 1. The first-order valence-corrected chi connectivity index (χ1v) is 9.09. The van der Waals surface area contributed by atoms with Crippen LogP contribution in [0.3, 0.4) is 0 Å². The number of benzene rings is 1. The van der Waals surface area contributed by atoms with Crippen LogP contribution in [0.1, 0.15) is 40.3 Å². The molecule has 26 heavy (non-hydrogen) atoms. The Morgan fingerprint density at radius 3 is 2.85 bits per heavy atom. The van der Waals surface area contributed by atoms with Gasteiger partial charge in [0, 0.05) is 31.6 Å². The summed E-state index contributed by atoms with van der Waals surface area (Å²) in [5.41, 5.74) is 2.56. The van der Waals surface area contributed by atoms with Gasteiger partial charge in [0.1, 0.15) is 17.3 Å². The third-order valence-corrected chi connectivity index (χ3v) is 5.11. The van der Waals surface area contributed by atoms with Crippen LogP contribution in [0.4, 0.5) is 5.82 Å². The summed E-state index contributed by atoms with van der Waals surface area (Å²) in [6, 6.07) is 5.86. The number of carbonyl (C=O) groups excluding carboxylic acids is 1. The molecule has 3 aliphatic rings. The summed E-state index contributed by atoms with van der Waals surface area (Å²) in [6.45, 7) is 2.90. The Bertz CT molecular complexity index is 877. The number of carbonyl (C=O) groups is 1. The fourth-order valence-corrected chi connectivity index (χ4v) is 3.82. The Kier molecular flexibility index (Phi) is 3.65. The van der Waals surface area contributed by atoms with Crippen molar-refractivity contribution in [1.29, 1.82) is 0 Å². The van der Waals surface area contributed by atoms with Gasteiger partial charge in [-0.1, -0.05) is 6.07 Å². The molecule has 134 valence electrons. The first kappa shape index (κ1) is 15.4. The van der Waals surface area contributed by atoms with Gasteiger partial charge in [0.15, 0.2) is 11.5 Å². The number of fused-ring (bicyclic) bond motifs is 2.